The lowest BCUT2D eigenvalue weighted by atomic mass is 9.96. The van der Waals surface area contributed by atoms with Crippen molar-refractivity contribution in [2.75, 3.05) is 19.7 Å². The first-order valence-electron chi connectivity index (χ1n) is 7.44. The summed E-state index contributed by atoms with van der Waals surface area (Å²) in [6, 6.07) is 0. The van der Waals surface area contributed by atoms with E-state index >= 15 is 0 Å². The topological polar surface area (TPSA) is 66.8 Å². The van der Waals surface area contributed by atoms with Gasteiger partial charge in [0, 0.05) is 19.5 Å². The van der Waals surface area contributed by atoms with Crippen LogP contribution < -0.4 is 0 Å². The lowest BCUT2D eigenvalue weighted by molar-refractivity contribution is -0.146. The Morgan fingerprint density at radius 1 is 1.30 bits per heavy atom. The minimum absolute atomic E-state index is 0.0240. The number of rotatable bonds is 5. The van der Waals surface area contributed by atoms with E-state index in [0.717, 1.165) is 25.7 Å². The summed E-state index contributed by atoms with van der Waals surface area (Å²) < 4.78 is 5.27. The van der Waals surface area contributed by atoms with E-state index in [-0.39, 0.29) is 18.6 Å². The first-order chi connectivity index (χ1) is 9.65. The molecule has 1 N–H and O–H groups in total. The monoisotopic (exact) mass is 281 g/mol. The van der Waals surface area contributed by atoms with E-state index < -0.39 is 5.97 Å². The summed E-state index contributed by atoms with van der Waals surface area (Å²) in [5.41, 5.74) is 1.28. The van der Waals surface area contributed by atoms with Crippen LogP contribution in [0.1, 0.15) is 44.9 Å². The Bertz CT molecular complexity index is 383. The number of hydrogen-bond donors (Lipinski definition) is 1. The van der Waals surface area contributed by atoms with E-state index in [0.29, 0.717) is 19.5 Å². The number of aliphatic carboxylic acids is 1. The van der Waals surface area contributed by atoms with Gasteiger partial charge in [-0.05, 0) is 38.5 Å². The third-order valence-electron chi connectivity index (χ3n) is 4.00. The molecule has 0 aromatic carbocycles. The number of carboxylic acid groups (broad SMARTS) is 1. The zero-order valence-electron chi connectivity index (χ0n) is 11.8. The number of carbonyl (C=O) groups is 2. The van der Waals surface area contributed by atoms with E-state index in [1.807, 2.05) is 4.90 Å². The normalized spacial score (nSPS) is 20.6. The van der Waals surface area contributed by atoms with Gasteiger partial charge in [-0.3, -0.25) is 4.79 Å². The molecule has 0 atom stereocenters. The Balaban J connectivity index is 1.71. The minimum atomic E-state index is -0.937. The van der Waals surface area contributed by atoms with Crippen LogP contribution in [-0.4, -0.2) is 47.7 Å². The van der Waals surface area contributed by atoms with Crippen LogP contribution in [0.15, 0.2) is 11.6 Å². The Hall–Kier alpha value is -1.36. The molecule has 5 heteroatoms. The van der Waals surface area contributed by atoms with Gasteiger partial charge >= 0.3 is 5.97 Å². The summed E-state index contributed by atoms with van der Waals surface area (Å²) in [6.07, 6.45) is 8.82. The highest BCUT2D eigenvalue weighted by atomic mass is 16.5. The summed E-state index contributed by atoms with van der Waals surface area (Å²) in [5, 5.41) is 8.57. The molecular weight excluding hydrogens is 258 g/mol. The maximum absolute atomic E-state index is 12.2. The largest absolute Gasteiger partial charge is 0.480 e. The van der Waals surface area contributed by atoms with Gasteiger partial charge in [0.15, 0.2) is 0 Å². The van der Waals surface area contributed by atoms with Crippen LogP contribution in [0, 0.1) is 0 Å². The van der Waals surface area contributed by atoms with Gasteiger partial charge in [-0.2, -0.15) is 0 Å². The maximum atomic E-state index is 12.2. The molecule has 2 aliphatic rings. The molecule has 0 aromatic rings. The molecule has 20 heavy (non-hydrogen) atoms. The van der Waals surface area contributed by atoms with Gasteiger partial charge in [0.2, 0.25) is 5.91 Å². The van der Waals surface area contributed by atoms with Crippen molar-refractivity contribution in [3.05, 3.63) is 11.6 Å². The molecule has 0 aromatic heterocycles. The zero-order chi connectivity index (χ0) is 14.4. The second kappa shape index (κ2) is 7.43. The fourth-order valence-electron chi connectivity index (χ4n) is 2.83. The summed E-state index contributed by atoms with van der Waals surface area (Å²) in [4.78, 5) is 24.5. The van der Waals surface area contributed by atoms with Crippen molar-refractivity contribution in [2.45, 2.75) is 51.0 Å². The van der Waals surface area contributed by atoms with Crippen molar-refractivity contribution in [3.63, 3.8) is 0 Å². The Labute approximate surface area is 119 Å². The summed E-state index contributed by atoms with van der Waals surface area (Å²) in [6.45, 7) is 1.11. The maximum Gasteiger partial charge on any atom is 0.329 e. The third kappa shape index (κ3) is 4.63. The number of amides is 1. The average molecular weight is 281 g/mol. The number of likely N-dealkylation sites (tertiary alicyclic amines) is 1. The molecule has 0 bridgehead atoms. The number of nitrogens with zero attached hydrogens (tertiary/aromatic N) is 1. The lowest BCUT2D eigenvalue weighted by Gasteiger charge is -2.32. The van der Waals surface area contributed by atoms with E-state index in [4.69, 9.17) is 9.84 Å². The van der Waals surface area contributed by atoms with Crippen molar-refractivity contribution < 1.29 is 19.4 Å². The van der Waals surface area contributed by atoms with E-state index in [2.05, 4.69) is 6.08 Å². The SMILES string of the molecule is O=C(O)COC1CCN(C(=O)CC2=CCCCC2)CC1. The molecule has 1 aliphatic heterocycles. The van der Waals surface area contributed by atoms with Crippen molar-refractivity contribution in [1.82, 2.24) is 4.90 Å². The first-order valence-corrected chi connectivity index (χ1v) is 7.44. The van der Waals surface area contributed by atoms with E-state index in [9.17, 15) is 9.59 Å². The zero-order valence-corrected chi connectivity index (χ0v) is 11.8. The number of allylic oxidation sites excluding steroid dienone is 1. The Kier molecular flexibility index (Phi) is 5.59. The molecule has 1 heterocycles. The van der Waals surface area contributed by atoms with Crippen molar-refractivity contribution in [3.8, 4) is 0 Å². The van der Waals surface area contributed by atoms with Gasteiger partial charge in [-0.1, -0.05) is 11.6 Å². The lowest BCUT2D eigenvalue weighted by Crippen LogP contribution is -2.41. The molecule has 1 fully saturated rings. The Morgan fingerprint density at radius 3 is 2.65 bits per heavy atom. The number of piperidine rings is 1. The molecule has 112 valence electrons. The van der Waals surface area contributed by atoms with E-state index in [1.165, 1.54) is 18.4 Å². The number of ether oxygens (including phenoxy) is 1. The fraction of sp³-hybridized carbons (Fsp3) is 0.733. The van der Waals surface area contributed by atoms with Gasteiger partial charge in [-0.25, -0.2) is 4.79 Å². The van der Waals surface area contributed by atoms with Crippen molar-refractivity contribution in [1.29, 1.82) is 0 Å². The van der Waals surface area contributed by atoms with Gasteiger partial charge in [0.1, 0.15) is 6.61 Å². The van der Waals surface area contributed by atoms with Gasteiger partial charge in [0.25, 0.3) is 0 Å². The highest BCUT2D eigenvalue weighted by molar-refractivity contribution is 5.78. The average Bonchev–Trinajstić information content (AvgIpc) is 2.46. The van der Waals surface area contributed by atoms with Crippen molar-refractivity contribution >= 4 is 11.9 Å². The molecule has 0 saturated carbocycles. The molecule has 0 radical (unpaired) electrons. The molecule has 1 amide bonds. The van der Waals surface area contributed by atoms with Crippen LogP contribution in [0.2, 0.25) is 0 Å². The van der Waals surface area contributed by atoms with Crippen LogP contribution in [0.3, 0.4) is 0 Å². The highest BCUT2D eigenvalue weighted by Gasteiger charge is 2.24. The highest BCUT2D eigenvalue weighted by Crippen LogP contribution is 2.22. The van der Waals surface area contributed by atoms with Gasteiger partial charge < -0.3 is 14.7 Å². The Morgan fingerprint density at radius 2 is 2.05 bits per heavy atom. The molecule has 0 unspecified atom stereocenters. The van der Waals surface area contributed by atoms with Crippen LogP contribution in [-0.2, 0) is 14.3 Å². The minimum Gasteiger partial charge on any atom is -0.480 e. The molecule has 0 spiro atoms. The number of hydrogen-bond acceptors (Lipinski definition) is 3. The van der Waals surface area contributed by atoms with Crippen molar-refractivity contribution in [2.24, 2.45) is 0 Å². The quantitative estimate of drug-likeness (QED) is 0.782. The smallest absolute Gasteiger partial charge is 0.329 e. The first kappa shape index (κ1) is 15.0. The predicted octanol–water partition coefficient (Wildman–Crippen LogP) is 1.97. The second-order valence-corrected chi connectivity index (χ2v) is 5.57. The molecule has 1 saturated heterocycles. The van der Waals surface area contributed by atoms with E-state index in [1.54, 1.807) is 0 Å². The molecule has 1 aliphatic carbocycles. The fourth-order valence-corrected chi connectivity index (χ4v) is 2.83. The second-order valence-electron chi connectivity index (χ2n) is 5.57. The van der Waals surface area contributed by atoms with Crippen LogP contribution in [0.4, 0.5) is 0 Å². The van der Waals surface area contributed by atoms with Crippen LogP contribution in [0.5, 0.6) is 0 Å². The number of carbonyl (C=O) groups excluding carboxylic acids is 1. The van der Waals surface area contributed by atoms with Crippen LogP contribution >= 0.6 is 0 Å². The predicted molar refractivity (Wildman–Crippen MR) is 74.4 cm³/mol. The molecule has 2 rings (SSSR count). The summed E-state index contributed by atoms with van der Waals surface area (Å²) in [7, 11) is 0. The molecular formula is C15H23NO4. The number of carboxylic acids is 1. The van der Waals surface area contributed by atoms with Crippen LogP contribution in [0.25, 0.3) is 0 Å². The van der Waals surface area contributed by atoms with Gasteiger partial charge in [0.05, 0.1) is 6.10 Å². The summed E-state index contributed by atoms with van der Waals surface area (Å²) in [5.74, 6) is -0.734. The van der Waals surface area contributed by atoms with Gasteiger partial charge in [-0.15, -0.1) is 0 Å². The molecule has 5 nitrogen and oxygen atoms in total. The standard InChI is InChI=1S/C15H23NO4/c17-14(10-12-4-2-1-3-5-12)16-8-6-13(7-9-16)20-11-15(18)19/h4,13H,1-3,5-11H2,(H,18,19). The summed E-state index contributed by atoms with van der Waals surface area (Å²) >= 11 is 0. The third-order valence-corrected chi connectivity index (χ3v) is 4.00.